The molecule has 48 valence electrons. The SMILES string of the molecule is O1C2OC12.OCCO. The van der Waals surface area contributed by atoms with E-state index in [1.807, 2.05) is 0 Å². The molecule has 4 heteroatoms. The van der Waals surface area contributed by atoms with Crippen molar-refractivity contribution in [2.24, 2.45) is 0 Å². The number of hydrogen-bond donors (Lipinski definition) is 2. The maximum absolute atomic E-state index is 7.62. The molecule has 0 aliphatic carbocycles. The summed E-state index contributed by atoms with van der Waals surface area (Å²) in [5.41, 5.74) is 0. The third kappa shape index (κ3) is 1.75. The lowest BCUT2D eigenvalue weighted by Crippen LogP contribution is -1.85. The summed E-state index contributed by atoms with van der Waals surface area (Å²) >= 11 is 0. The summed E-state index contributed by atoms with van der Waals surface area (Å²) in [7, 11) is 0. The van der Waals surface area contributed by atoms with Crippen molar-refractivity contribution in [2.45, 2.75) is 12.6 Å². The Bertz CT molecular complexity index is 60.4. The van der Waals surface area contributed by atoms with E-state index < -0.39 is 0 Å². The van der Waals surface area contributed by atoms with Crippen LogP contribution in [0.1, 0.15) is 0 Å². The van der Waals surface area contributed by atoms with Gasteiger partial charge in [-0.05, 0) is 0 Å². The fraction of sp³-hybridized carbons (Fsp3) is 1.00. The monoisotopic (exact) mass is 120 g/mol. The van der Waals surface area contributed by atoms with Crippen molar-refractivity contribution in [1.82, 2.24) is 0 Å². The Labute approximate surface area is 46.6 Å². The van der Waals surface area contributed by atoms with Crippen LogP contribution in [0.3, 0.4) is 0 Å². The summed E-state index contributed by atoms with van der Waals surface area (Å²) in [5.74, 6) is 0. The number of epoxide rings is 2. The fourth-order valence-electron chi connectivity index (χ4n) is 0.184. The number of rotatable bonds is 1. The van der Waals surface area contributed by atoms with Gasteiger partial charge in [0.1, 0.15) is 0 Å². The van der Waals surface area contributed by atoms with E-state index in [1.54, 1.807) is 0 Å². The molecule has 0 aromatic carbocycles. The van der Waals surface area contributed by atoms with Crippen LogP contribution < -0.4 is 0 Å². The maximum Gasteiger partial charge on any atom is 0.215 e. The molecule has 0 atom stereocenters. The summed E-state index contributed by atoms with van der Waals surface area (Å²) in [6.45, 7) is -0.250. The van der Waals surface area contributed by atoms with Gasteiger partial charge in [-0.1, -0.05) is 0 Å². The first-order chi connectivity index (χ1) is 3.88. The molecule has 2 N–H and O–H groups in total. The topological polar surface area (TPSA) is 65.5 Å². The Morgan fingerprint density at radius 3 is 1.25 bits per heavy atom. The van der Waals surface area contributed by atoms with Gasteiger partial charge in [-0.2, -0.15) is 0 Å². The Balaban J connectivity index is 0.0000000800. The minimum atomic E-state index is -0.125. The molecule has 2 heterocycles. The van der Waals surface area contributed by atoms with Crippen LogP contribution in [0.4, 0.5) is 0 Å². The van der Waals surface area contributed by atoms with E-state index in [-0.39, 0.29) is 25.8 Å². The first-order valence-electron chi connectivity index (χ1n) is 2.41. The smallest absolute Gasteiger partial charge is 0.215 e. The van der Waals surface area contributed by atoms with Gasteiger partial charge in [0, 0.05) is 0 Å². The highest BCUT2D eigenvalue weighted by molar-refractivity contribution is 4.81. The van der Waals surface area contributed by atoms with E-state index in [9.17, 15) is 0 Å². The molecule has 0 unspecified atom stereocenters. The molecule has 0 saturated carbocycles. The molecule has 0 spiro atoms. The molecule has 0 bridgehead atoms. The van der Waals surface area contributed by atoms with Crippen LogP contribution in [-0.2, 0) is 9.47 Å². The van der Waals surface area contributed by atoms with Crippen molar-refractivity contribution in [3.63, 3.8) is 0 Å². The Hall–Kier alpha value is -0.160. The summed E-state index contributed by atoms with van der Waals surface area (Å²) in [6, 6.07) is 0. The van der Waals surface area contributed by atoms with E-state index in [0.717, 1.165) is 0 Å². The molecular formula is C4H8O4. The van der Waals surface area contributed by atoms with Crippen LogP contribution >= 0.6 is 0 Å². The van der Waals surface area contributed by atoms with Crippen LogP contribution in [0.15, 0.2) is 0 Å². The zero-order valence-electron chi connectivity index (χ0n) is 4.28. The second kappa shape index (κ2) is 2.41. The van der Waals surface area contributed by atoms with Crippen molar-refractivity contribution >= 4 is 0 Å². The average molecular weight is 120 g/mol. The van der Waals surface area contributed by atoms with Crippen molar-refractivity contribution < 1.29 is 19.7 Å². The molecule has 2 aliphatic heterocycles. The molecule has 0 amide bonds. The first kappa shape index (κ1) is 5.97. The van der Waals surface area contributed by atoms with Crippen molar-refractivity contribution in [3.05, 3.63) is 0 Å². The summed E-state index contributed by atoms with van der Waals surface area (Å²) < 4.78 is 9.17. The highest BCUT2D eigenvalue weighted by Gasteiger charge is 2.59. The third-order valence-corrected chi connectivity index (χ3v) is 0.705. The van der Waals surface area contributed by atoms with E-state index in [0.29, 0.717) is 0 Å². The average Bonchev–Trinajstić information content (AvgIpc) is 2.47. The fourth-order valence-corrected chi connectivity index (χ4v) is 0.184. The zero-order chi connectivity index (χ0) is 5.98. The lowest BCUT2D eigenvalue weighted by molar-refractivity contribution is 0.0108. The van der Waals surface area contributed by atoms with Crippen LogP contribution in [0, 0.1) is 0 Å². The number of ether oxygens (including phenoxy) is 2. The zero-order valence-corrected chi connectivity index (χ0v) is 4.28. The number of hydrogen-bond acceptors (Lipinski definition) is 4. The van der Waals surface area contributed by atoms with E-state index >= 15 is 0 Å². The van der Waals surface area contributed by atoms with Gasteiger partial charge in [-0.25, -0.2) is 0 Å². The van der Waals surface area contributed by atoms with Gasteiger partial charge in [0.05, 0.1) is 13.2 Å². The molecule has 4 nitrogen and oxygen atoms in total. The van der Waals surface area contributed by atoms with E-state index in [2.05, 4.69) is 9.47 Å². The quantitative estimate of drug-likeness (QED) is 0.421. The van der Waals surface area contributed by atoms with Gasteiger partial charge in [0.2, 0.25) is 12.6 Å². The number of aliphatic hydroxyl groups is 2. The molecule has 0 aromatic heterocycles. The second-order valence-corrected chi connectivity index (χ2v) is 1.46. The molecule has 0 aromatic rings. The Kier molecular flexibility index (Phi) is 1.80. The van der Waals surface area contributed by atoms with Crippen molar-refractivity contribution in [2.75, 3.05) is 13.2 Å². The number of fused-ring (bicyclic) bond motifs is 1. The van der Waals surface area contributed by atoms with Crippen LogP contribution in [0.2, 0.25) is 0 Å². The minimum absolute atomic E-state index is 0.125. The molecule has 8 heavy (non-hydrogen) atoms. The van der Waals surface area contributed by atoms with Crippen LogP contribution in [-0.4, -0.2) is 36.0 Å². The van der Waals surface area contributed by atoms with E-state index in [1.165, 1.54) is 0 Å². The summed E-state index contributed by atoms with van der Waals surface area (Å²) in [6.07, 6.45) is 0.500. The number of aliphatic hydroxyl groups excluding tert-OH is 2. The van der Waals surface area contributed by atoms with Gasteiger partial charge in [-0.15, -0.1) is 0 Å². The van der Waals surface area contributed by atoms with Crippen LogP contribution in [0.25, 0.3) is 0 Å². The molecule has 2 rings (SSSR count). The van der Waals surface area contributed by atoms with Gasteiger partial charge in [-0.3, -0.25) is 0 Å². The van der Waals surface area contributed by atoms with Crippen molar-refractivity contribution in [1.29, 1.82) is 0 Å². The molecule has 2 saturated heterocycles. The Morgan fingerprint density at radius 2 is 1.25 bits per heavy atom. The standard InChI is InChI=1S/C2H2O2.C2H6O2/c3-1-2(3)4-1;3-1-2-4/h1-2H;3-4H,1-2H2. The predicted octanol–water partition coefficient (Wildman–Crippen LogP) is -1.33. The lowest BCUT2D eigenvalue weighted by atomic mass is 10.8. The van der Waals surface area contributed by atoms with Crippen molar-refractivity contribution in [3.8, 4) is 0 Å². The molecule has 2 fully saturated rings. The summed E-state index contributed by atoms with van der Waals surface area (Å²) in [4.78, 5) is 0. The Morgan fingerprint density at radius 1 is 1.00 bits per heavy atom. The van der Waals surface area contributed by atoms with E-state index in [4.69, 9.17) is 10.2 Å². The predicted molar refractivity (Wildman–Crippen MR) is 23.9 cm³/mol. The first-order valence-corrected chi connectivity index (χ1v) is 2.41. The van der Waals surface area contributed by atoms with Gasteiger partial charge in [0.25, 0.3) is 0 Å². The third-order valence-electron chi connectivity index (χ3n) is 0.705. The molecule has 0 radical (unpaired) electrons. The second-order valence-electron chi connectivity index (χ2n) is 1.46. The highest BCUT2D eigenvalue weighted by atomic mass is 17.0. The molecule has 2 aliphatic rings. The summed E-state index contributed by atoms with van der Waals surface area (Å²) in [5, 5.41) is 15.2. The minimum Gasteiger partial charge on any atom is -0.394 e. The molecular weight excluding hydrogens is 112 g/mol. The normalized spacial score (nSPS) is 36.8. The van der Waals surface area contributed by atoms with Gasteiger partial charge in [0.15, 0.2) is 0 Å². The highest BCUT2D eigenvalue weighted by Crippen LogP contribution is 2.41. The van der Waals surface area contributed by atoms with Gasteiger partial charge < -0.3 is 19.7 Å². The van der Waals surface area contributed by atoms with Gasteiger partial charge >= 0.3 is 0 Å². The van der Waals surface area contributed by atoms with Crippen LogP contribution in [0.5, 0.6) is 0 Å². The lowest BCUT2D eigenvalue weighted by Gasteiger charge is -1.70. The largest absolute Gasteiger partial charge is 0.394 e. The maximum atomic E-state index is 7.62.